The Morgan fingerprint density at radius 3 is 2.04 bits per heavy atom. The number of benzene rings is 2. The monoisotopic (exact) mass is 315 g/mol. The zero-order chi connectivity index (χ0) is 17.6. The van der Waals surface area contributed by atoms with Crippen LogP contribution in [-0.2, 0) is 0 Å². The molecule has 0 aliphatic carbocycles. The van der Waals surface area contributed by atoms with Crippen LogP contribution in [0.25, 0.3) is 0 Å². The lowest BCUT2D eigenvalue weighted by Gasteiger charge is -2.28. The van der Waals surface area contributed by atoms with Crippen LogP contribution in [0.3, 0.4) is 0 Å². The molecule has 120 valence electrons. The minimum atomic E-state index is -0.920. The highest BCUT2D eigenvalue weighted by molar-refractivity contribution is 6.02. The fraction of sp³-hybridized carbons (Fsp3) is 0.273. The number of Topliss-reactive ketones (excluding diaryl/α,β-unsaturated/α-hetero) is 1. The predicted octanol–water partition coefficient (Wildman–Crippen LogP) is 4.87. The average molecular weight is 315 g/mol. The number of rotatable bonds is 4. The topological polar surface area (TPSA) is 40.9 Å². The molecule has 24 heavy (non-hydrogen) atoms. The maximum atomic E-state index is 13.1. The predicted molar refractivity (Wildman–Crippen MR) is 96.2 cm³/mol. The number of hydrogen-bond acceptors (Lipinski definition) is 2. The molecule has 0 saturated heterocycles. The smallest absolute Gasteiger partial charge is 0.180 e. The summed E-state index contributed by atoms with van der Waals surface area (Å²) in [5.74, 6) is 6.21. The van der Waals surface area contributed by atoms with E-state index in [1.165, 1.54) is 0 Å². The zero-order valence-corrected chi connectivity index (χ0v) is 14.3. The largest absolute Gasteiger partial charge is 0.292 e. The number of carbonyl (C=O) groups is 1. The Balaban J connectivity index is 2.44. The van der Waals surface area contributed by atoms with Crippen LogP contribution < -0.4 is 0 Å². The molecule has 1 atom stereocenters. The van der Waals surface area contributed by atoms with E-state index in [1.807, 2.05) is 69.3 Å². The first-order valence-electron chi connectivity index (χ1n) is 7.96. The lowest BCUT2D eigenvalue weighted by atomic mass is 9.71. The van der Waals surface area contributed by atoms with Gasteiger partial charge in [-0.3, -0.25) is 4.79 Å². The van der Waals surface area contributed by atoms with Gasteiger partial charge in [-0.2, -0.15) is 5.26 Å². The molecule has 2 aromatic rings. The van der Waals surface area contributed by atoms with Gasteiger partial charge in [-0.25, -0.2) is 0 Å². The second-order valence-corrected chi connectivity index (χ2v) is 6.82. The highest BCUT2D eigenvalue weighted by Crippen LogP contribution is 2.36. The Bertz CT molecular complexity index is 804. The number of nitrogens with zero attached hydrogens (tertiary/aromatic N) is 1. The van der Waals surface area contributed by atoms with E-state index in [4.69, 9.17) is 0 Å². The zero-order valence-electron chi connectivity index (χ0n) is 14.3. The maximum Gasteiger partial charge on any atom is 0.180 e. The molecule has 0 heterocycles. The SMILES string of the molecule is CC(C)(C#N)CC(C)(C#Cc1ccccc1)C(=O)c1ccccc1. The molecule has 2 heteroatoms. The van der Waals surface area contributed by atoms with Crippen LogP contribution in [-0.4, -0.2) is 5.78 Å². The van der Waals surface area contributed by atoms with Gasteiger partial charge in [-0.15, -0.1) is 0 Å². The molecule has 2 nitrogen and oxygen atoms in total. The number of nitriles is 1. The van der Waals surface area contributed by atoms with E-state index >= 15 is 0 Å². The van der Waals surface area contributed by atoms with E-state index in [9.17, 15) is 10.1 Å². The van der Waals surface area contributed by atoms with Crippen LogP contribution in [0.4, 0.5) is 0 Å². The summed E-state index contributed by atoms with van der Waals surface area (Å²) < 4.78 is 0. The van der Waals surface area contributed by atoms with E-state index in [-0.39, 0.29) is 5.78 Å². The van der Waals surface area contributed by atoms with Crippen molar-refractivity contribution < 1.29 is 4.79 Å². The van der Waals surface area contributed by atoms with E-state index in [0.717, 1.165) is 5.56 Å². The molecule has 0 fully saturated rings. The van der Waals surface area contributed by atoms with Crippen molar-refractivity contribution in [2.24, 2.45) is 10.8 Å². The Morgan fingerprint density at radius 1 is 0.958 bits per heavy atom. The van der Waals surface area contributed by atoms with Gasteiger partial charge in [-0.1, -0.05) is 60.4 Å². The van der Waals surface area contributed by atoms with Gasteiger partial charge in [0.25, 0.3) is 0 Å². The van der Waals surface area contributed by atoms with Crippen molar-refractivity contribution >= 4 is 5.78 Å². The fourth-order valence-corrected chi connectivity index (χ4v) is 2.74. The lowest BCUT2D eigenvalue weighted by molar-refractivity contribution is 0.0840. The minimum absolute atomic E-state index is 0.0464. The molecule has 1 unspecified atom stereocenters. The molecule has 0 N–H and O–H groups in total. The van der Waals surface area contributed by atoms with Gasteiger partial charge in [0.05, 0.1) is 16.9 Å². The normalized spacial score (nSPS) is 13.1. The van der Waals surface area contributed by atoms with Crippen molar-refractivity contribution in [2.45, 2.75) is 27.2 Å². The molecule has 0 amide bonds. The first-order chi connectivity index (χ1) is 11.4. The Morgan fingerprint density at radius 2 is 1.50 bits per heavy atom. The van der Waals surface area contributed by atoms with Gasteiger partial charge in [0.1, 0.15) is 0 Å². The maximum absolute atomic E-state index is 13.1. The summed E-state index contributed by atoms with van der Waals surface area (Å²) in [6.45, 7) is 5.51. The van der Waals surface area contributed by atoms with Crippen molar-refractivity contribution in [3.05, 3.63) is 71.8 Å². The van der Waals surface area contributed by atoms with Crippen LogP contribution in [0.2, 0.25) is 0 Å². The van der Waals surface area contributed by atoms with Gasteiger partial charge in [0.15, 0.2) is 5.78 Å². The molecule has 0 bridgehead atoms. The summed E-state index contributed by atoms with van der Waals surface area (Å²) in [7, 11) is 0. The Labute approximate surface area is 144 Å². The third-order valence-electron chi connectivity index (χ3n) is 3.89. The van der Waals surface area contributed by atoms with Crippen LogP contribution in [0, 0.1) is 34.0 Å². The van der Waals surface area contributed by atoms with Gasteiger partial charge in [0, 0.05) is 11.1 Å². The van der Waals surface area contributed by atoms with Gasteiger partial charge in [0.2, 0.25) is 0 Å². The summed E-state index contributed by atoms with van der Waals surface area (Å²) in [5.41, 5.74) is -0.0727. The second-order valence-electron chi connectivity index (χ2n) is 6.82. The molecule has 0 spiro atoms. The van der Waals surface area contributed by atoms with Gasteiger partial charge < -0.3 is 0 Å². The van der Waals surface area contributed by atoms with Crippen molar-refractivity contribution in [1.82, 2.24) is 0 Å². The van der Waals surface area contributed by atoms with Crippen molar-refractivity contribution in [3.63, 3.8) is 0 Å². The summed E-state index contributed by atoms with van der Waals surface area (Å²) >= 11 is 0. The van der Waals surface area contributed by atoms with Gasteiger partial charge in [-0.05, 0) is 39.3 Å². The average Bonchev–Trinajstić information content (AvgIpc) is 2.61. The fourth-order valence-electron chi connectivity index (χ4n) is 2.74. The molecule has 2 rings (SSSR count). The number of carbonyl (C=O) groups excluding carboxylic acids is 1. The molecule has 0 aromatic heterocycles. The van der Waals surface area contributed by atoms with Crippen LogP contribution >= 0.6 is 0 Å². The van der Waals surface area contributed by atoms with Crippen molar-refractivity contribution in [2.75, 3.05) is 0 Å². The molecule has 0 radical (unpaired) electrons. The van der Waals surface area contributed by atoms with Crippen molar-refractivity contribution in [1.29, 1.82) is 5.26 Å². The highest BCUT2D eigenvalue weighted by Gasteiger charge is 2.38. The first kappa shape index (κ1) is 17.5. The highest BCUT2D eigenvalue weighted by atomic mass is 16.1. The summed E-state index contributed by atoms with van der Waals surface area (Å²) in [6.07, 6.45) is 0.379. The van der Waals surface area contributed by atoms with Crippen LogP contribution in [0.1, 0.15) is 43.1 Å². The quantitative estimate of drug-likeness (QED) is 0.597. The van der Waals surface area contributed by atoms with Crippen LogP contribution in [0.15, 0.2) is 60.7 Å². The minimum Gasteiger partial charge on any atom is -0.292 e. The first-order valence-corrected chi connectivity index (χ1v) is 7.96. The third-order valence-corrected chi connectivity index (χ3v) is 3.89. The van der Waals surface area contributed by atoms with Crippen LogP contribution in [0.5, 0.6) is 0 Å². The molecular weight excluding hydrogens is 294 g/mol. The van der Waals surface area contributed by atoms with E-state index in [1.54, 1.807) is 12.1 Å². The molecule has 0 aliphatic heterocycles. The second kappa shape index (κ2) is 7.16. The summed E-state index contributed by atoms with van der Waals surface area (Å²) in [6, 6.07) is 21.0. The molecular formula is C22H21NO. The summed E-state index contributed by atoms with van der Waals surface area (Å²) in [5, 5.41) is 9.39. The van der Waals surface area contributed by atoms with E-state index in [0.29, 0.717) is 12.0 Å². The summed E-state index contributed by atoms with van der Waals surface area (Å²) in [4.78, 5) is 13.1. The molecule has 2 aromatic carbocycles. The van der Waals surface area contributed by atoms with E-state index in [2.05, 4.69) is 17.9 Å². The standard InChI is InChI=1S/C22H21NO/c1-21(2,17-23)16-22(3,15-14-18-10-6-4-7-11-18)20(24)19-12-8-5-9-13-19/h4-13H,16H2,1-3H3. The number of ketones is 1. The molecule has 0 aliphatic rings. The van der Waals surface area contributed by atoms with E-state index < -0.39 is 10.8 Å². The third kappa shape index (κ3) is 4.34. The van der Waals surface area contributed by atoms with Gasteiger partial charge >= 0.3 is 0 Å². The Kier molecular flexibility index (Phi) is 5.22. The number of hydrogen-bond donors (Lipinski definition) is 0. The van der Waals surface area contributed by atoms with Crippen molar-refractivity contribution in [3.8, 4) is 17.9 Å². The lowest BCUT2D eigenvalue weighted by Crippen LogP contribution is -2.32. The molecule has 0 saturated carbocycles. The Hall–Kier alpha value is -2.84.